The predicted molar refractivity (Wildman–Crippen MR) is 129 cm³/mol. The zero-order chi connectivity index (χ0) is 23.1. The van der Waals surface area contributed by atoms with Gasteiger partial charge in [-0.25, -0.2) is 9.59 Å². The second-order valence-corrected chi connectivity index (χ2v) is 7.65. The fourth-order valence-electron chi connectivity index (χ4n) is 3.60. The van der Waals surface area contributed by atoms with Gasteiger partial charge in [0.2, 0.25) is 0 Å². The van der Waals surface area contributed by atoms with E-state index in [9.17, 15) is 9.59 Å². The molecule has 0 bridgehead atoms. The number of rotatable bonds is 7. The van der Waals surface area contributed by atoms with Crippen LogP contribution in [0, 0.1) is 0 Å². The van der Waals surface area contributed by atoms with Crippen LogP contribution in [0.2, 0.25) is 0 Å². The van der Waals surface area contributed by atoms with Crippen molar-refractivity contribution in [3.8, 4) is 0 Å². The van der Waals surface area contributed by atoms with Crippen LogP contribution in [0.4, 0.5) is 10.5 Å². The van der Waals surface area contributed by atoms with Crippen molar-refractivity contribution in [1.82, 2.24) is 15.5 Å². The predicted octanol–water partition coefficient (Wildman–Crippen LogP) is 4.10. The Labute approximate surface area is 193 Å². The molecule has 3 rings (SSSR count). The Balaban J connectivity index is 1.73. The normalized spacial score (nSPS) is 15.8. The number of hydrogen-bond acceptors (Lipinski definition) is 4. The van der Waals surface area contributed by atoms with Crippen molar-refractivity contribution < 1.29 is 14.3 Å². The van der Waals surface area contributed by atoms with Gasteiger partial charge in [0.25, 0.3) is 0 Å². The first kappa shape index (κ1) is 23.3. The molecule has 2 aromatic carbocycles. The first-order chi connectivity index (χ1) is 15.4. The van der Waals surface area contributed by atoms with E-state index in [-0.39, 0.29) is 12.0 Å². The number of carbonyl (C=O) groups is 2. The fraction of sp³-hybridized carbons (Fsp3) is 0.292. The number of ether oxygens (including phenoxy) is 1. The summed E-state index contributed by atoms with van der Waals surface area (Å²) in [6, 6.07) is 16.3. The number of anilines is 1. The maximum Gasteiger partial charge on any atom is 0.338 e. The second-order valence-electron chi connectivity index (χ2n) is 7.26. The molecule has 0 saturated heterocycles. The van der Waals surface area contributed by atoms with E-state index in [1.54, 1.807) is 19.1 Å². The highest BCUT2D eigenvalue weighted by Gasteiger charge is 2.34. The van der Waals surface area contributed by atoms with E-state index in [2.05, 4.69) is 16.0 Å². The average molecular weight is 453 g/mol. The van der Waals surface area contributed by atoms with Gasteiger partial charge in [-0.2, -0.15) is 0 Å². The molecule has 2 amide bonds. The van der Waals surface area contributed by atoms with Crippen LogP contribution in [-0.4, -0.2) is 35.2 Å². The van der Waals surface area contributed by atoms with E-state index in [0.717, 1.165) is 16.8 Å². The molecule has 168 valence electrons. The summed E-state index contributed by atoms with van der Waals surface area (Å²) in [5, 5.41) is 9.46. The molecule has 7 nitrogen and oxygen atoms in total. The van der Waals surface area contributed by atoms with Crippen LogP contribution in [0.15, 0.2) is 65.9 Å². The van der Waals surface area contributed by atoms with Crippen LogP contribution in [-0.2, 0) is 16.1 Å². The standard InChI is InChI=1S/C24H28N4O3S/c1-4-28-16(3)20(22(29)31-5-2)21(27-24(28)32)18-11-13-19(14-12-18)26-23(30)25-15-17-9-7-6-8-10-17/h6-14,21H,4-5,15H2,1-3H3,(H,27,32)(H2,25,26,30). The number of allylic oxidation sites excluding steroid dienone is 1. The molecule has 1 atom stereocenters. The topological polar surface area (TPSA) is 82.7 Å². The zero-order valence-electron chi connectivity index (χ0n) is 18.5. The van der Waals surface area contributed by atoms with Crippen LogP contribution >= 0.6 is 12.2 Å². The monoisotopic (exact) mass is 452 g/mol. The Kier molecular flexibility index (Phi) is 7.83. The van der Waals surface area contributed by atoms with E-state index >= 15 is 0 Å². The van der Waals surface area contributed by atoms with Gasteiger partial charge in [0.05, 0.1) is 18.2 Å². The van der Waals surface area contributed by atoms with Gasteiger partial charge in [-0.05, 0) is 56.2 Å². The number of hydrogen-bond donors (Lipinski definition) is 3. The lowest BCUT2D eigenvalue weighted by Crippen LogP contribution is -2.47. The molecule has 32 heavy (non-hydrogen) atoms. The van der Waals surface area contributed by atoms with E-state index in [1.165, 1.54) is 0 Å². The molecule has 0 saturated carbocycles. The Morgan fingerprint density at radius 2 is 1.78 bits per heavy atom. The lowest BCUT2D eigenvalue weighted by Gasteiger charge is -2.37. The molecule has 1 aliphatic heterocycles. The summed E-state index contributed by atoms with van der Waals surface area (Å²) in [7, 11) is 0. The van der Waals surface area contributed by atoms with E-state index in [4.69, 9.17) is 17.0 Å². The van der Waals surface area contributed by atoms with Crippen molar-refractivity contribution in [3.63, 3.8) is 0 Å². The SMILES string of the molecule is CCOC(=O)C1=C(C)N(CC)C(=S)NC1c1ccc(NC(=O)NCc2ccccc2)cc1. The number of urea groups is 1. The molecule has 1 unspecified atom stereocenters. The molecule has 8 heteroatoms. The van der Waals surface area contributed by atoms with Gasteiger partial charge in [0, 0.05) is 24.5 Å². The molecule has 3 N–H and O–H groups in total. The van der Waals surface area contributed by atoms with Crippen molar-refractivity contribution in [2.24, 2.45) is 0 Å². The highest BCUT2D eigenvalue weighted by Crippen LogP contribution is 2.31. The number of nitrogens with zero attached hydrogens (tertiary/aromatic N) is 1. The molecule has 0 aromatic heterocycles. The molecular weight excluding hydrogens is 424 g/mol. The summed E-state index contributed by atoms with van der Waals surface area (Å²) >= 11 is 5.50. The maximum atomic E-state index is 12.7. The van der Waals surface area contributed by atoms with Crippen LogP contribution in [0.3, 0.4) is 0 Å². The third-order valence-corrected chi connectivity index (χ3v) is 5.54. The number of thiocarbonyl (C=S) groups is 1. The zero-order valence-corrected chi connectivity index (χ0v) is 19.3. The average Bonchev–Trinajstić information content (AvgIpc) is 2.79. The third kappa shape index (κ3) is 5.45. The first-order valence-corrected chi connectivity index (χ1v) is 11.0. The first-order valence-electron chi connectivity index (χ1n) is 10.6. The molecule has 0 fully saturated rings. The summed E-state index contributed by atoms with van der Waals surface area (Å²) in [5.74, 6) is -0.369. The second kappa shape index (κ2) is 10.8. The molecule has 0 spiro atoms. The molecule has 0 radical (unpaired) electrons. The summed E-state index contributed by atoms with van der Waals surface area (Å²) in [6.45, 7) is 7.01. The van der Waals surface area contributed by atoms with E-state index in [1.807, 2.05) is 61.2 Å². The maximum absolute atomic E-state index is 12.7. The van der Waals surface area contributed by atoms with Gasteiger partial charge in [-0.1, -0.05) is 42.5 Å². The Hall–Kier alpha value is -3.39. The summed E-state index contributed by atoms with van der Waals surface area (Å²) in [6.07, 6.45) is 0. The van der Waals surface area contributed by atoms with Gasteiger partial charge in [-0.3, -0.25) is 0 Å². The van der Waals surface area contributed by atoms with E-state index in [0.29, 0.717) is 36.1 Å². The smallest absolute Gasteiger partial charge is 0.338 e. The van der Waals surface area contributed by atoms with Crippen LogP contribution in [0.1, 0.15) is 37.9 Å². The Morgan fingerprint density at radius 3 is 2.41 bits per heavy atom. The summed E-state index contributed by atoms with van der Waals surface area (Å²) in [4.78, 5) is 26.8. The molecule has 1 aliphatic rings. The van der Waals surface area contributed by atoms with Gasteiger partial charge >= 0.3 is 12.0 Å². The van der Waals surface area contributed by atoms with Crippen molar-refractivity contribution in [2.75, 3.05) is 18.5 Å². The van der Waals surface area contributed by atoms with Gasteiger partial charge in [0.15, 0.2) is 5.11 Å². The Bertz CT molecular complexity index is 1010. The van der Waals surface area contributed by atoms with Gasteiger partial charge in [-0.15, -0.1) is 0 Å². The lowest BCUT2D eigenvalue weighted by atomic mass is 9.95. The number of nitrogens with one attached hydrogen (secondary N) is 3. The Morgan fingerprint density at radius 1 is 1.09 bits per heavy atom. The number of esters is 1. The number of carbonyl (C=O) groups excluding carboxylic acids is 2. The van der Waals surface area contributed by atoms with Crippen LogP contribution in [0.5, 0.6) is 0 Å². The minimum atomic E-state index is -0.426. The van der Waals surface area contributed by atoms with Crippen molar-refractivity contribution in [1.29, 1.82) is 0 Å². The van der Waals surface area contributed by atoms with Gasteiger partial charge in [0.1, 0.15) is 0 Å². The molecular formula is C24H28N4O3S. The van der Waals surface area contributed by atoms with Crippen molar-refractivity contribution in [3.05, 3.63) is 77.0 Å². The molecule has 2 aromatic rings. The van der Waals surface area contributed by atoms with Crippen LogP contribution in [0.25, 0.3) is 0 Å². The fourth-order valence-corrected chi connectivity index (χ4v) is 3.98. The third-order valence-electron chi connectivity index (χ3n) is 5.21. The van der Waals surface area contributed by atoms with Crippen molar-refractivity contribution >= 4 is 35.0 Å². The largest absolute Gasteiger partial charge is 0.463 e. The highest BCUT2D eigenvalue weighted by atomic mass is 32.1. The summed E-state index contributed by atoms with van der Waals surface area (Å²) in [5.41, 5.74) is 3.82. The number of amides is 2. The van der Waals surface area contributed by atoms with E-state index < -0.39 is 6.04 Å². The molecule has 1 heterocycles. The highest BCUT2D eigenvalue weighted by molar-refractivity contribution is 7.80. The quantitative estimate of drug-likeness (QED) is 0.434. The van der Waals surface area contributed by atoms with Crippen LogP contribution < -0.4 is 16.0 Å². The van der Waals surface area contributed by atoms with Gasteiger partial charge < -0.3 is 25.6 Å². The lowest BCUT2D eigenvalue weighted by molar-refractivity contribution is -0.139. The minimum Gasteiger partial charge on any atom is -0.463 e. The minimum absolute atomic E-state index is 0.292. The summed E-state index contributed by atoms with van der Waals surface area (Å²) < 4.78 is 5.30. The van der Waals surface area contributed by atoms with Crippen molar-refractivity contribution in [2.45, 2.75) is 33.4 Å². The molecule has 0 aliphatic carbocycles. The number of benzene rings is 2.